The molecular weight excluding hydrogens is 256 g/mol. The molecule has 0 aromatic heterocycles. The summed E-state index contributed by atoms with van der Waals surface area (Å²) in [6, 6.07) is 6.13. The van der Waals surface area contributed by atoms with Crippen LogP contribution in [0.2, 0.25) is 0 Å². The van der Waals surface area contributed by atoms with Crippen molar-refractivity contribution in [2.45, 2.75) is 12.1 Å². The lowest BCUT2D eigenvalue weighted by Crippen LogP contribution is -2.30. The molecule has 1 aliphatic carbocycles. The number of allylic oxidation sites excluding steroid dienone is 2. The first kappa shape index (κ1) is 13.9. The number of rotatable bonds is 4. The second-order valence-electron chi connectivity index (χ2n) is 4.66. The Labute approximate surface area is 117 Å². The Bertz CT molecular complexity index is 561. The van der Waals surface area contributed by atoms with Crippen molar-refractivity contribution >= 4 is 11.4 Å². The molecule has 1 aromatic carbocycles. The number of nitro groups is 1. The maximum atomic E-state index is 10.9. The number of benzene rings is 1. The summed E-state index contributed by atoms with van der Waals surface area (Å²) in [6.45, 7) is 0. The molecule has 0 fully saturated rings. The van der Waals surface area contributed by atoms with Crippen LogP contribution in [-0.4, -0.2) is 31.1 Å². The average molecular weight is 272 g/mol. The zero-order chi connectivity index (χ0) is 14.5. The summed E-state index contributed by atoms with van der Waals surface area (Å²) in [7, 11) is 3.91. The molecule has 6 heteroatoms. The first-order valence-corrected chi connectivity index (χ1v) is 6.24. The quantitative estimate of drug-likeness (QED) is 0.480. The van der Waals surface area contributed by atoms with Gasteiger partial charge in [0.2, 0.25) is 0 Å². The van der Waals surface area contributed by atoms with E-state index in [2.05, 4.69) is 10.2 Å². The van der Waals surface area contributed by atoms with E-state index >= 15 is 0 Å². The predicted octanol–water partition coefficient (Wildman–Crippen LogP) is 2.98. The second kappa shape index (κ2) is 6.10. The Hall–Kier alpha value is -2.50. The van der Waals surface area contributed by atoms with Crippen LogP contribution in [0.15, 0.2) is 58.8 Å². The molecule has 0 saturated carbocycles. The second-order valence-corrected chi connectivity index (χ2v) is 4.66. The lowest BCUT2D eigenvalue weighted by atomic mass is 10.1. The van der Waals surface area contributed by atoms with Crippen molar-refractivity contribution < 1.29 is 4.92 Å². The van der Waals surface area contributed by atoms with Gasteiger partial charge in [0, 0.05) is 24.7 Å². The Kier molecular flexibility index (Phi) is 4.24. The monoisotopic (exact) mass is 272 g/mol. The standard InChI is InChI=1S/C14H16N4O2/c1-17(2)12-9-7-11(8-10-12)15-16-13-5-3-4-6-14(13)18(19)20/h3-10,13-14H,1-2H3/t13-,14+/m0/s1. The number of nitrogens with zero attached hydrogens (tertiary/aromatic N) is 4. The SMILES string of the molecule is CN(C)c1ccc(N=N[C@H]2C=CC=C[C@H]2[N+](=O)[O-])cc1. The fourth-order valence-electron chi connectivity index (χ4n) is 1.84. The van der Waals surface area contributed by atoms with Crippen LogP contribution in [0, 0.1) is 10.1 Å². The van der Waals surface area contributed by atoms with Crippen LogP contribution < -0.4 is 4.90 Å². The minimum absolute atomic E-state index is 0.348. The van der Waals surface area contributed by atoms with Gasteiger partial charge < -0.3 is 4.90 Å². The van der Waals surface area contributed by atoms with Crippen LogP contribution >= 0.6 is 0 Å². The first-order chi connectivity index (χ1) is 9.58. The smallest absolute Gasteiger partial charge is 0.258 e. The number of azo groups is 1. The fraction of sp³-hybridized carbons (Fsp3) is 0.286. The topological polar surface area (TPSA) is 71.1 Å². The average Bonchev–Trinajstić information content (AvgIpc) is 2.45. The Morgan fingerprint density at radius 2 is 1.80 bits per heavy atom. The van der Waals surface area contributed by atoms with E-state index in [1.54, 1.807) is 18.2 Å². The van der Waals surface area contributed by atoms with Gasteiger partial charge in [0.15, 0.2) is 6.04 Å². The molecule has 104 valence electrons. The van der Waals surface area contributed by atoms with Crippen molar-refractivity contribution in [3.05, 3.63) is 58.7 Å². The van der Waals surface area contributed by atoms with E-state index in [0.29, 0.717) is 5.69 Å². The molecule has 0 heterocycles. The molecule has 2 atom stereocenters. The van der Waals surface area contributed by atoms with Crippen molar-refractivity contribution in [1.29, 1.82) is 0 Å². The van der Waals surface area contributed by atoms with Crippen molar-refractivity contribution in [2.24, 2.45) is 10.2 Å². The first-order valence-electron chi connectivity index (χ1n) is 6.24. The van der Waals surface area contributed by atoms with Gasteiger partial charge in [-0.05, 0) is 30.3 Å². The summed E-state index contributed by atoms with van der Waals surface area (Å²) in [5.41, 5.74) is 1.74. The van der Waals surface area contributed by atoms with E-state index < -0.39 is 12.1 Å². The molecule has 0 radical (unpaired) electrons. The highest BCUT2D eigenvalue weighted by Gasteiger charge is 2.28. The summed E-state index contributed by atoms with van der Waals surface area (Å²) in [5.74, 6) is 0. The van der Waals surface area contributed by atoms with Crippen molar-refractivity contribution in [3.8, 4) is 0 Å². The lowest BCUT2D eigenvalue weighted by molar-refractivity contribution is -0.510. The number of hydrogen-bond acceptors (Lipinski definition) is 5. The maximum Gasteiger partial charge on any atom is 0.258 e. The highest BCUT2D eigenvalue weighted by atomic mass is 16.6. The highest BCUT2D eigenvalue weighted by Crippen LogP contribution is 2.20. The predicted molar refractivity (Wildman–Crippen MR) is 78.1 cm³/mol. The van der Waals surface area contributed by atoms with Gasteiger partial charge in [0.25, 0.3) is 6.04 Å². The number of anilines is 1. The van der Waals surface area contributed by atoms with Crippen LogP contribution in [0.1, 0.15) is 0 Å². The normalized spacial score (nSPS) is 21.3. The van der Waals surface area contributed by atoms with E-state index in [9.17, 15) is 10.1 Å². The van der Waals surface area contributed by atoms with Crippen LogP contribution in [0.25, 0.3) is 0 Å². The zero-order valence-electron chi connectivity index (χ0n) is 11.4. The van der Waals surface area contributed by atoms with E-state index in [4.69, 9.17) is 0 Å². The molecule has 0 aliphatic heterocycles. The molecule has 20 heavy (non-hydrogen) atoms. The van der Waals surface area contributed by atoms with Gasteiger partial charge in [-0.2, -0.15) is 10.2 Å². The molecule has 0 unspecified atom stereocenters. The molecule has 6 nitrogen and oxygen atoms in total. The summed E-state index contributed by atoms with van der Waals surface area (Å²) in [5, 5.41) is 19.1. The fourth-order valence-corrected chi connectivity index (χ4v) is 1.84. The molecule has 2 rings (SSSR count). The van der Waals surface area contributed by atoms with Gasteiger partial charge in [-0.15, -0.1) is 0 Å². The molecule has 0 N–H and O–H groups in total. The lowest BCUT2D eigenvalue weighted by Gasteiger charge is -2.13. The summed E-state index contributed by atoms with van der Waals surface area (Å²) >= 11 is 0. The van der Waals surface area contributed by atoms with E-state index in [0.717, 1.165) is 5.69 Å². The third-order valence-electron chi connectivity index (χ3n) is 2.99. The third-order valence-corrected chi connectivity index (χ3v) is 2.99. The van der Waals surface area contributed by atoms with Crippen LogP contribution in [0.3, 0.4) is 0 Å². The van der Waals surface area contributed by atoms with Crippen LogP contribution in [0.5, 0.6) is 0 Å². The summed E-state index contributed by atoms with van der Waals surface area (Å²) < 4.78 is 0. The third kappa shape index (κ3) is 3.28. The highest BCUT2D eigenvalue weighted by molar-refractivity contribution is 5.51. The molecule has 0 spiro atoms. The van der Waals surface area contributed by atoms with Crippen LogP contribution in [0.4, 0.5) is 11.4 Å². The molecule has 0 saturated heterocycles. The minimum atomic E-state index is -0.843. The largest absolute Gasteiger partial charge is 0.378 e. The number of hydrogen-bond donors (Lipinski definition) is 0. The van der Waals surface area contributed by atoms with Crippen molar-refractivity contribution in [1.82, 2.24) is 0 Å². The summed E-state index contributed by atoms with van der Waals surface area (Å²) in [4.78, 5) is 12.5. The van der Waals surface area contributed by atoms with Crippen molar-refractivity contribution in [2.75, 3.05) is 19.0 Å². The Morgan fingerprint density at radius 3 is 2.40 bits per heavy atom. The van der Waals surface area contributed by atoms with Gasteiger partial charge in [0.05, 0.1) is 5.69 Å². The Balaban J connectivity index is 2.10. The van der Waals surface area contributed by atoms with Gasteiger partial charge >= 0.3 is 0 Å². The molecule has 0 bridgehead atoms. The van der Waals surface area contributed by atoms with E-state index in [1.807, 2.05) is 43.3 Å². The van der Waals surface area contributed by atoms with Gasteiger partial charge in [-0.3, -0.25) is 10.1 Å². The van der Waals surface area contributed by atoms with Crippen molar-refractivity contribution in [3.63, 3.8) is 0 Å². The van der Waals surface area contributed by atoms with Gasteiger partial charge in [-0.1, -0.05) is 18.2 Å². The zero-order valence-corrected chi connectivity index (χ0v) is 11.4. The minimum Gasteiger partial charge on any atom is -0.378 e. The summed E-state index contributed by atoms with van der Waals surface area (Å²) in [6.07, 6.45) is 6.62. The Morgan fingerprint density at radius 1 is 1.15 bits per heavy atom. The van der Waals surface area contributed by atoms with Gasteiger partial charge in [-0.25, -0.2) is 0 Å². The van der Waals surface area contributed by atoms with Gasteiger partial charge in [0.1, 0.15) is 0 Å². The maximum absolute atomic E-state index is 10.9. The van der Waals surface area contributed by atoms with E-state index in [-0.39, 0.29) is 4.92 Å². The molecular formula is C14H16N4O2. The van der Waals surface area contributed by atoms with Crippen LogP contribution in [-0.2, 0) is 0 Å². The molecule has 1 aliphatic rings. The van der Waals surface area contributed by atoms with E-state index in [1.165, 1.54) is 6.08 Å². The molecule has 0 amide bonds. The molecule has 1 aromatic rings.